The van der Waals surface area contributed by atoms with Gasteiger partial charge in [-0.25, -0.2) is 0 Å². The van der Waals surface area contributed by atoms with E-state index in [1.165, 1.54) is 57.8 Å². The van der Waals surface area contributed by atoms with Crippen LogP contribution in [0.4, 0.5) is 0 Å². The average Bonchev–Trinajstić information content (AvgIpc) is 2.72. The van der Waals surface area contributed by atoms with E-state index in [4.69, 9.17) is 24.0 Å². The van der Waals surface area contributed by atoms with Gasteiger partial charge in [0.25, 0.3) is 33.9 Å². The van der Waals surface area contributed by atoms with Crippen molar-refractivity contribution in [2.24, 2.45) is 0 Å². The first-order valence-corrected chi connectivity index (χ1v) is 8.58. The van der Waals surface area contributed by atoms with Crippen molar-refractivity contribution in [3.05, 3.63) is 36.5 Å². The van der Waals surface area contributed by atoms with Gasteiger partial charge in [0.2, 0.25) is 0 Å². The van der Waals surface area contributed by atoms with Crippen molar-refractivity contribution in [3.63, 3.8) is 0 Å². The van der Waals surface area contributed by atoms with Gasteiger partial charge in [0, 0.05) is 0 Å². The summed E-state index contributed by atoms with van der Waals surface area (Å²) in [6.45, 7) is 22.5. The molecule has 2 aliphatic carbocycles. The summed E-state index contributed by atoms with van der Waals surface area (Å²) in [6, 6.07) is 0. The van der Waals surface area contributed by atoms with Gasteiger partial charge in [0.1, 0.15) is 0 Å². The fourth-order valence-electron chi connectivity index (χ4n) is 1.95. The fourth-order valence-corrected chi connectivity index (χ4v) is 2.30. The quantitative estimate of drug-likeness (QED) is 0.564. The van der Waals surface area contributed by atoms with Crippen LogP contribution in [0.2, 0.25) is 4.85 Å². The summed E-state index contributed by atoms with van der Waals surface area (Å²) in [7, 11) is 0. The maximum atomic E-state index is 7.50. The van der Waals surface area contributed by atoms with Gasteiger partial charge >= 0.3 is 64.8 Å². The summed E-state index contributed by atoms with van der Waals surface area (Å²) in [5, 5.41) is 0. The third-order valence-corrected chi connectivity index (χ3v) is 3.55. The Hall–Kier alpha value is -1.92. The van der Waals surface area contributed by atoms with Crippen LogP contribution < -0.4 is 0 Å². The van der Waals surface area contributed by atoms with Crippen molar-refractivity contribution in [1.82, 2.24) is 0 Å². The number of rotatable bonds is 0. The van der Waals surface area contributed by atoms with E-state index in [0.717, 1.165) is 0 Å². The van der Waals surface area contributed by atoms with Gasteiger partial charge in [0.15, 0.2) is 0 Å². The molecule has 148 valence electrons. The predicted molar refractivity (Wildman–Crippen MR) is 101 cm³/mol. The predicted octanol–water partition coefficient (Wildman–Crippen LogP) is 3.53. The van der Waals surface area contributed by atoms with Crippen molar-refractivity contribution in [1.29, 1.82) is 0 Å². The van der Waals surface area contributed by atoms with Crippen LogP contribution in [0.1, 0.15) is 57.8 Å². The van der Waals surface area contributed by atoms with E-state index >= 15 is 0 Å². The third-order valence-electron chi connectivity index (χ3n) is 3.01. The Morgan fingerprint density at radius 2 is 0.852 bits per heavy atom. The van der Waals surface area contributed by atoms with Crippen LogP contribution in [0, 0.1) is 0 Å². The Kier molecular flexibility index (Phi) is 66.3. The van der Waals surface area contributed by atoms with E-state index < -0.39 is 0 Å². The zero-order valence-electron chi connectivity index (χ0n) is 15.3. The van der Waals surface area contributed by atoms with Crippen LogP contribution in [-0.2, 0) is 39.7 Å². The minimum absolute atomic E-state index is 0.619. The van der Waals surface area contributed by atoms with E-state index in [2.05, 4.69) is 86.1 Å². The van der Waals surface area contributed by atoms with E-state index in [-0.39, 0.29) is 0 Å². The van der Waals surface area contributed by atoms with Crippen LogP contribution in [0.25, 0.3) is 0 Å². The first-order valence-electron chi connectivity index (χ1n) is 7.98. The topological polar surface area (TPSA) is 85.3 Å². The number of hydrogen-bond acceptors (Lipinski definition) is 5. The van der Waals surface area contributed by atoms with Gasteiger partial charge in [-0.05, 0) is 25.7 Å². The van der Waals surface area contributed by atoms with Crippen molar-refractivity contribution >= 4 is 33.9 Å². The van der Waals surface area contributed by atoms with Crippen LogP contribution in [0.5, 0.6) is 0 Å². The molecule has 0 saturated heterocycles. The Balaban J connectivity index is -0.0000000822. The molecule has 0 fully saturated rings. The van der Waals surface area contributed by atoms with Gasteiger partial charge < -0.3 is 0 Å². The molecule has 0 N–H and O–H groups in total. The van der Waals surface area contributed by atoms with Crippen molar-refractivity contribution in [3.8, 4) is 0 Å². The summed E-state index contributed by atoms with van der Waals surface area (Å²) in [5.41, 5.74) is 0. The zero-order valence-corrected chi connectivity index (χ0v) is 16.3. The Bertz CT molecular complexity index is 295. The summed E-state index contributed by atoms with van der Waals surface area (Å²) in [6.07, 6.45) is 25.0. The standard InChI is InChI=1S/C8H13.C8H12.5CO.Co/c2*1-2-4-6-8-7-5-3-1;5*1-2;/h1-2,5H,3-4,6-8H2;1-2,7-8H,3-6H2;;;;;;/b2-1-;2-1-,8-7-;;;;;;. The van der Waals surface area contributed by atoms with Gasteiger partial charge in [-0.2, -0.15) is 0 Å². The van der Waals surface area contributed by atoms with E-state index in [9.17, 15) is 0 Å². The van der Waals surface area contributed by atoms with Gasteiger partial charge in [-0.1, -0.05) is 24.3 Å². The normalized spacial score (nSPS) is 20.0. The molecule has 1 unspecified atom stereocenters. The zero-order chi connectivity index (χ0) is 22.2. The second-order valence-corrected chi connectivity index (χ2v) is 5.50. The number of allylic oxidation sites excluding steroid dienone is 6. The fraction of sp³-hybridized carbons (Fsp3) is 0.476. The molecule has 27 heavy (non-hydrogen) atoms. The molecule has 0 bridgehead atoms. The van der Waals surface area contributed by atoms with Gasteiger partial charge in [-0.3, -0.25) is 24.0 Å². The van der Waals surface area contributed by atoms with E-state index in [1.807, 2.05) is 0 Å². The Morgan fingerprint density at radius 3 is 1.22 bits per heavy atom. The summed E-state index contributed by atoms with van der Waals surface area (Å²) in [4.78, 5) is 38.1. The maximum absolute atomic E-state index is 7.50. The molecule has 0 heterocycles. The molecule has 2 rings (SSSR count). The molecule has 0 aliphatic heterocycles. The Morgan fingerprint density at radius 1 is 0.519 bits per heavy atom. The Labute approximate surface area is 173 Å². The first kappa shape index (κ1) is 36.1. The van der Waals surface area contributed by atoms with E-state index in [0.29, 0.717) is 4.85 Å². The summed E-state index contributed by atoms with van der Waals surface area (Å²) < 4.78 is 0. The molecule has 6 heteroatoms. The SMILES string of the molecule is C1=C\CC/C=C\CC/1.[C]=O.[C]=O.[C]=O.[C]=O.[C]=O.[Co][CH]1C/C=C\CCCC1. The second kappa shape index (κ2) is 49.6. The van der Waals surface area contributed by atoms with Crippen molar-refractivity contribution < 1.29 is 39.7 Å². The molecule has 5 nitrogen and oxygen atoms in total. The third kappa shape index (κ3) is 45.4. The number of hydrogen-bond donors (Lipinski definition) is 0. The second-order valence-electron chi connectivity index (χ2n) is 4.65. The van der Waals surface area contributed by atoms with Crippen LogP contribution in [-0.4, -0.2) is 33.9 Å². The molecule has 0 aromatic rings. The minimum atomic E-state index is 0.619. The first-order chi connectivity index (χ1) is 13.4. The number of carbonyl (C=O) groups excluding carboxylic acids is 5. The monoisotopic (exact) mass is 416 g/mol. The average molecular weight is 416 g/mol. The molecule has 2 aliphatic rings. The van der Waals surface area contributed by atoms with Crippen LogP contribution in [0.3, 0.4) is 0 Å². The van der Waals surface area contributed by atoms with Crippen LogP contribution >= 0.6 is 0 Å². The van der Waals surface area contributed by atoms with Crippen molar-refractivity contribution in [2.45, 2.75) is 62.6 Å². The molecule has 0 aromatic carbocycles. The van der Waals surface area contributed by atoms with Gasteiger partial charge in [0.05, 0.1) is 0 Å². The molecule has 0 aromatic heterocycles. The summed E-state index contributed by atoms with van der Waals surface area (Å²) >= 11 is 4.47. The van der Waals surface area contributed by atoms with Gasteiger partial charge in [-0.15, -0.1) is 0 Å². The molecular weight excluding hydrogens is 391 g/mol. The van der Waals surface area contributed by atoms with Crippen LogP contribution in [0.15, 0.2) is 36.5 Å². The molecule has 0 spiro atoms. The molecule has 0 saturated carbocycles. The van der Waals surface area contributed by atoms with Crippen molar-refractivity contribution in [2.75, 3.05) is 0 Å². The molecule has 10 radical (unpaired) electrons. The molecular formula is C21H25CoO5. The molecule has 1 atom stereocenters. The molecule has 0 amide bonds. The summed E-state index contributed by atoms with van der Waals surface area (Å²) in [5.74, 6) is 0. The van der Waals surface area contributed by atoms with E-state index in [1.54, 1.807) is 0 Å².